The van der Waals surface area contributed by atoms with Gasteiger partial charge >= 0.3 is 0 Å². The number of amides is 1. The molecule has 2 aromatic carbocycles. The third-order valence-electron chi connectivity index (χ3n) is 3.46. The maximum Gasteiger partial charge on any atom is 0.261 e. The van der Waals surface area contributed by atoms with Gasteiger partial charge < -0.3 is 10.1 Å². The topological polar surface area (TPSA) is 38.3 Å². The molecule has 2 rings (SSSR count). The highest BCUT2D eigenvalue weighted by atomic mass is 35.5. The number of para-hydroxylation sites is 1. The molecule has 0 aliphatic carbocycles. The second-order valence-corrected chi connectivity index (χ2v) is 6.97. The van der Waals surface area contributed by atoms with E-state index in [4.69, 9.17) is 16.3 Å². The molecule has 0 radical (unpaired) electrons. The van der Waals surface area contributed by atoms with Crippen LogP contribution in [0.2, 0.25) is 5.02 Å². The van der Waals surface area contributed by atoms with E-state index in [0.717, 1.165) is 5.75 Å². The van der Waals surface area contributed by atoms with Crippen LogP contribution >= 0.6 is 23.4 Å². The van der Waals surface area contributed by atoms with Crippen LogP contribution in [0.4, 0.5) is 0 Å². The second kappa shape index (κ2) is 9.60. The summed E-state index contributed by atoms with van der Waals surface area (Å²) >= 11 is 7.80. The summed E-state index contributed by atoms with van der Waals surface area (Å²) in [5, 5.41) is 3.44. The molecule has 0 unspecified atom stereocenters. The Kier molecular flexibility index (Phi) is 7.47. The Morgan fingerprint density at radius 1 is 1.21 bits per heavy atom. The van der Waals surface area contributed by atoms with Crippen molar-refractivity contribution in [2.45, 2.75) is 31.3 Å². The van der Waals surface area contributed by atoms with Crippen molar-refractivity contribution < 1.29 is 9.53 Å². The largest absolute Gasteiger partial charge is 0.479 e. The molecule has 0 spiro atoms. The van der Waals surface area contributed by atoms with Crippen molar-refractivity contribution >= 4 is 29.3 Å². The van der Waals surface area contributed by atoms with E-state index in [0.29, 0.717) is 23.7 Å². The van der Waals surface area contributed by atoms with Gasteiger partial charge in [-0.1, -0.05) is 48.4 Å². The minimum atomic E-state index is -0.533. The van der Waals surface area contributed by atoms with Crippen molar-refractivity contribution in [1.29, 1.82) is 0 Å². The highest BCUT2D eigenvalue weighted by molar-refractivity contribution is 7.99. The van der Waals surface area contributed by atoms with Gasteiger partial charge in [-0.15, -0.1) is 11.8 Å². The Labute approximate surface area is 152 Å². The number of rotatable bonds is 8. The van der Waals surface area contributed by atoms with Crippen LogP contribution in [0.25, 0.3) is 0 Å². The molecule has 0 fully saturated rings. The molecule has 5 heteroatoms. The van der Waals surface area contributed by atoms with Crippen molar-refractivity contribution in [2.24, 2.45) is 0 Å². The molecule has 1 atom stereocenters. The van der Waals surface area contributed by atoms with Gasteiger partial charge in [0.25, 0.3) is 5.91 Å². The van der Waals surface area contributed by atoms with Gasteiger partial charge in [0.1, 0.15) is 5.75 Å². The first-order chi connectivity index (χ1) is 11.6. The van der Waals surface area contributed by atoms with E-state index in [1.165, 1.54) is 10.5 Å². The van der Waals surface area contributed by atoms with Crippen molar-refractivity contribution in [1.82, 2.24) is 5.32 Å². The first kappa shape index (κ1) is 18.7. The van der Waals surface area contributed by atoms with Gasteiger partial charge in [0.15, 0.2) is 6.10 Å². The minimum Gasteiger partial charge on any atom is -0.479 e. The third kappa shape index (κ3) is 5.77. The van der Waals surface area contributed by atoms with E-state index >= 15 is 0 Å². The van der Waals surface area contributed by atoms with Gasteiger partial charge in [-0.05, 0) is 37.6 Å². The lowest BCUT2D eigenvalue weighted by atomic mass is 10.2. The number of nitrogens with one attached hydrogen (secondary N) is 1. The zero-order valence-electron chi connectivity index (χ0n) is 13.9. The van der Waals surface area contributed by atoms with E-state index in [9.17, 15) is 4.79 Å². The summed E-state index contributed by atoms with van der Waals surface area (Å²) in [6, 6.07) is 15.6. The molecule has 3 nitrogen and oxygen atoms in total. The first-order valence-electron chi connectivity index (χ1n) is 7.98. The highest BCUT2D eigenvalue weighted by Crippen LogP contribution is 2.24. The lowest BCUT2D eigenvalue weighted by Gasteiger charge is -2.18. The molecule has 2 aromatic rings. The molecule has 0 aliphatic rings. The maximum atomic E-state index is 12.3. The van der Waals surface area contributed by atoms with Crippen molar-refractivity contribution in [3.8, 4) is 5.75 Å². The van der Waals surface area contributed by atoms with Gasteiger partial charge in [0.05, 0.1) is 5.02 Å². The molecule has 1 amide bonds. The second-order valence-electron chi connectivity index (χ2n) is 5.40. The Balaban J connectivity index is 1.77. The average Bonchev–Trinajstić information content (AvgIpc) is 2.59. The number of aryl methyl sites for hydroxylation is 1. The molecule has 0 bridgehead atoms. The standard InChI is InChI=1S/C19H22ClNO2S/c1-3-17(23-18-7-5-4-6-16(18)20)19(22)21-12-13-24-15-10-8-14(2)9-11-15/h4-11,17H,3,12-13H2,1-2H3,(H,21,22)/t17-/m0/s1. The quantitative estimate of drug-likeness (QED) is 0.545. The summed E-state index contributed by atoms with van der Waals surface area (Å²) in [7, 11) is 0. The third-order valence-corrected chi connectivity index (χ3v) is 4.79. The van der Waals surface area contributed by atoms with Crippen molar-refractivity contribution in [3.63, 3.8) is 0 Å². The van der Waals surface area contributed by atoms with Gasteiger partial charge in [0, 0.05) is 17.2 Å². The van der Waals surface area contributed by atoms with E-state index in [2.05, 4.69) is 36.5 Å². The Hall–Kier alpha value is -1.65. The lowest BCUT2D eigenvalue weighted by molar-refractivity contribution is -0.127. The molecule has 0 heterocycles. The smallest absolute Gasteiger partial charge is 0.261 e. The summed E-state index contributed by atoms with van der Waals surface area (Å²) in [5.41, 5.74) is 1.25. The average molecular weight is 364 g/mol. The molecular formula is C19H22ClNO2S. The van der Waals surface area contributed by atoms with Crippen LogP contribution in [0.1, 0.15) is 18.9 Å². The van der Waals surface area contributed by atoms with Crippen molar-refractivity contribution in [3.05, 3.63) is 59.1 Å². The summed E-state index contributed by atoms with van der Waals surface area (Å²) < 4.78 is 5.73. The fourth-order valence-electron chi connectivity index (χ4n) is 2.11. The summed E-state index contributed by atoms with van der Waals surface area (Å²) in [5.74, 6) is 1.24. The van der Waals surface area contributed by atoms with Gasteiger partial charge in [0.2, 0.25) is 0 Å². The van der Waals surface area contributed by atoms with Gasteiger partial charge in [-0.3, -0.25) is 4.79 Å². The molecule has 1 N–H and O–H groups in total. The molecule has 0 saturated carbocycles. The highest BCUT2D eigenvalue weighted by Gasteiger charge is 2.18. The van der Waals surface area contributed by atoms with Gasteiger partial charge in [-0.25, -0.2) is 0 Å². The van der Waals surface area contributed by atoms with E-state index in [-0.39, 0.29) is 5.91 Å². The van der Waals surface area contributed by atoms with E-state index in [1.54, 1.807) is 23.9 Å². The van der Waals surface area contributed by atoms with Crippen molar-refractivity contribution in [2.75, 3.05) is 12.3 Å². The number of ether oxygens (including phenoxy) is 1. The SMILES string of the molecule is CC[C@H](Oc1ccccc1Cl)C(=O)NCCSc1ccc(C)cc1. The Morgan fingerprint density at radius 3 is 2.58 bits per heavy atom. The Morgan fingerprint density at radius 2 is 1.92 bits per heavy atom. The fraction of sp³-hybridized carbons (Fsp3) is 0.316. The lowest BCUT2D eigenvalue weighted by Crippen LogP contribution is -2.39. The number of carbonyl (C=O) groups excluding carboxylic acids is 1. The molecule has 0 aliphatic heterocycles. The Bertz CT molecular complexity index is 661. The molecule has 0 saturated heterocycles. The number of halogens is 1. The van der Waals surface area contributed by atoms with Crippen LogP contribution in [0.3, 0.4) is 0 Å². The number of thioether (sulfide) groups is 1. The molecule has 24 heavy (non-hydrogen) atoms. The number of hydrogen-bond donors (Lipinski definition) is 1. The summed E-state index contributed by atoms with van der Waals surface area (Å²) in [6.07, 6.45) is 0.0524. The zero-order valence-corrected chi connectivity index (χ0v) is 15.5. The summed E-state index contributed by atoms with van der Waals surface area (Å²) in [4.78, 5) is 13.5. The van der Waals surface area contributed by atoms with Crippen LogP contribution in [-0.4, -0.2) is 24.3 Å². The van der Waals surface area contributed by atoms with Crippen LogP contribution in [0.15, 0.2) is 53.4 Å². The van der Waals surface area contributed by atoms with Crippen LogP contribution in [0, 0.1) is 6.92 Å². The van der Waals surface area contributed by atoms with Gasteiger partial charge in [-0.2, -0.15) is 0 Å². The number of benzene rings is 2. The number of hydrogen-bond acceptors (Lipinski definition) is 3. The van der Waals surface area contributed by atoms with Crippen LogP contribution in [-0.2, 0) is 4.79 Å². The van der Waals surface area contributed by atoms with E-state index in [1.807, 2.05) is 19.1 Å². The number of carbonyl (C=O) groups is 1. The normalized spacial score (nSPS) is 11.8. The predicted octanol–water partition coefficient (Wildman–Crippen LogP) is 4.71. The monoisotopic (exact) mass is 363 g/mol. The minimum absolute atomic E-state index is 0.109. The predicted molar refractivity (Wildman–Crippen MR) is 101 cm³/mol. The van der Waals surface area contributed by atoms with E-state index < -0.39 is 6.10 Å². The first-order valence-corrected chi connectivity index (χ1v) is 9.35. The molecule has 128 valence electrons. The maximum absolute atomic E-state index is 12.3. The van der Waals surface area contributed by atoms with Crippen LogP contribution < -0.4 is 10.1 Å². The molecular weight excluding hydrogens is 342 g/mol. The van der Waals surface area contributed by atoms with Crippen LogP contribution in [0.5, 0.6) is 5.75 Å². The fourth-order valence-corrected chi connectivity index (χ4v) is 3.06. The molecule has 0 aromatic heterocycles. The summed E-state index contributed by atoms with van der Waals surface area (Å²) in [6.45, 7) is 4.58. The zero-order chi connectivity index (χ0) is 17.4.